The summed E-state index contributed by atoms with van der Waals surface area (Å²) in [4.78, 5) is 4.22. The number of nitrogens with zero attached hydrogens (tertiary/aromatic N) is 1. The van der Waals surface area contributed by atoms with Gasteiger partial charge in [-0.2, -0.15) is 0 Å². The van der Waals surface area contributed by atoms with Gasteiger partial charge in [0.15, 0.2) is 5.96 Å². The summed E-state index contributed by atoms with van der Waals surface area (Å²) >= 11 is 0. The molecule has 0 saturated heterocycles. The first kappa shape index (κ1) is 12.7. The molecule has 1 aromatic rings. The second-order valence-corrected chi connectivity index (χ2v) is 4.74. The van der Waals surface area contributed by atoms with Crippen molar-refractivity contribution >= 4 is 5.96 Å². The molecule has 0 radical (unpaired) electrons. The number of ether oxygens (including phenoxy) is 1. The number of benzene rings is 1. The van der Waals surface area contributed by atoms with Crippen LogP contribution in [-0.4, -0.2) is 26.2 Å². The molecule has 0 bridgehead atoms. The molecule has 2 atom stereocenters. The van der Waals surface area contributed by atoms with Crippen LogP contribution in [0.3, 0.4) is 0 Å². The molecule has 98 valence electrons. The first-order chi connectivity index (χ1) is 8.72. The maximum atomic E-state index is 5.13. The molecule has 0 aliphatic heterocycles. The van der Waals surface area contributed by atoms with Crippen molar-refractivity contribution in [2.75, 3.05) is 14.2 Å². The smallest absolute Gasteiger partial charge is 0.191 e. The zero-order valence-electron chi connectivity index (χ0n) is 11.2. The van der Waals surface area contributed by atoms with Crippen LogP contribution in [0.2, 0.25) is 0 Å². The first-order valence-corrected chi connectivity index (χ1v) is 6.33. The van der Waals surface area contributed by atoms with Gasteiger partial charge >= 0.3 is 0 Å². The molecular weight excluding hydrogens is 226 g/mol. The van der Waals surface area contributed by atoms with E-state index in [1.165, 1.54) is 12.0 Å². The van der Waals surface area contributed by atoms with Gasteiger partial charge in [0.25, 0.3) is 0 Å². The van der Waals surface area contributed by atoms with E-state index in [1.807, 2.05) is 12.1 Å². The van der Waals surface area contributed by atoms with Crippen molar-refractivity contribution in [3.8, 4) is 5.75 Å². The normalized spacial score (nSPS) is 22.5. The van der Waals surface area contributed by atoms with Crippen molar-refractivity contribution in [1.29, 1.82) is 0 Å². The summed E-state index contributed by atoms with van der Waals surface area (Å²) in [5.74, 6) is 2.53. The molecule has 1 aliphatic rings. The van der Waals surface area contributed by atoms with Gasteiger partial charge in [0.1, 0.15) is 5.75 Å². The maximum Gasteiger partial charge on any atom is 0.191 e. The summed E-state index contributed by atoms with van der Waals surface area (Å²) in [6, 6.07) is 8.64. The summed E-state index contributed by atoms with van der Waals surface area (Å²) in [6.45, 7) is 3.01. The van der Waals surface area contributed by atoms with Crippen LogP contribution < -0.4 is 15.4 Å². The summed E-state index contributed by atoms with van der Waals surface area (Å²) in [7, 11) is 3.48. The highest BCUT2D eigenvalue weighted by atomic mass is 16.5. The molecule has 0 spiro atoms. The Hall–Kier alpha value is -1.71. The Morgan fingerprint density at radius 3 is 2.56 bits per heavy atom. The van der Waals surface area contributed by atoms with E-state index in [-0.39, 0.29) is 0 Å². The van der Waals surface area contributed by atoms with E-state index in [4.69, 9.17) is 4.74 Å². The molecule has 18 heavy (non-hydrogen) atoms. The number of guanidine groups is 1. The van der Waals surface area contributed by atoms with Crippen LogP contribution >= 0.6 is 0 Å². The zero-order chi connectivity index (χ0) is 13.0. The van der Waals surface area contributed by atoms with Gasteiger partial charge in [0, 0.05) is 19.6 Å². The Morgan fingerprint density at radius 2 is 2.06 bits per heavy atom. The lowest BCUT2D eigenvalue weighted by Gasteiger charge is -2.11. The van der Waals surface area contributed by atoms with E-state index in [0.29, 0.717) is 6.04 Å². The molecule has 0 heterocycles. The minimum absolute atomic E-state index is 0.590. The lowest BCUT2D eigenvalue weighted by molar-refractivity contribution is 0.414. The molecule has 0 amide bonds. The largest absolute Gasteiger partial charge is 0.497 e. The van der Waals surface area contributed by atoms with Gasteiger partial charge in [-0.3, -0.25) is 4.99 Å². The SMILES string of the molecule is CN=C(NCc1ccc(OC)cc1)NC1CC1C. The second kappa shape index (κ2) is 5.76. The topological polar surface area (TPSA) is 45.7 Å². The van der Waals surface area contributed by atoms with Gasteiger partial charge in [0.05, 0.1) is 7.11 Å². The average molecular weight is 247 g/mol. The molecule has 1 aromatic carbocycles. The zero-order valence-corrected chi connectivity index (χ0v) is 11.2. The highest BCUT2D eigenvalue weighted by Gasteiger charge is 2.33. The average Bonchev–Trinajstić information content (AvgIpc) is 3.10. The van der Waals surface area contributed by atoms with E-state index in [1.54, 1.807) is 14.2 Å². The predicted octanol–water partition coefficient (Wildman–Crippen LogP) is 1.77. The maximum absolute atomic E-state index is 5.13. The Kier molecular flexibility index (Phi) is 4.07. The highest BCUT2D eigenvalue weighted by Crippen LogP contribution is 2.28. The third kappa shape index (κ3) is 3.39. The number of hydrogen-bond donors (Lipinski definition) is 2. The van der Waals surface area contributed by atoms with Crippen LogP contribution in [0.15, 0.2) is 29.3 Å². The fourth-order valence-electron chi connectivity index (χ4n) is 1.82. The first-order valence-electron chi connectivity index (χ1n) is 6.33. The Balaban J connectivity index is 1.81. The van der Waals surface area contributed by atoms with Gasteiger partial charge in [-0.1, -0.05) is 19.1 Å². The quantitative estimate of drug-likeness (QED) is 0.629. The standard InChI is InChI=1S/C14H21N3O/c1-10-8-13(10)17-14(15-2)16-9-11-4-6-12(18-3)7-5-11/h4-7,10,13H,8-9H2,1-3H3,(H2,15,16,17). The minimum atomic E-state index is 0.590. The third-order valence-electron chi connectivity index (χ3n) is 3.27. The highest BCUT2D eigenvalue weighted by molar-refractivity contribution is 5.80. The summed E-state index contributed by atoms with van der Waals surface area (Å²) < 4.78 is 5.13. The Labute approximate surface area is 108 Å². The number of rotatable bonds is 4. The number of aliphatic imine (C=N–C) groups is 1. The van der Waals surface area contributed by atoms with Crippen molar-refractivity contribution in [2.24, 2.45) is 10.9 Å². The van der Waals surface area contributed by atoms with Crippen LogP contribution in [-0.2, 0) is 6.54 Å². The Bertz CT molecular complexity index is 414. The fourth-order valence-corrected chi connectivity index (χ4v) is 1.82. The molecule has 1 aliphatic carbocycles. The molecule has 4 heteroatoms. The van der Waals surface area contributed by atoms with Crippen LogP contribution in [0, 0.1) is 5.92 Å². The summed E-state index contributed by atoms with van der Waals surface area (Å²) in [5.41, 5.74) is 1.21. The number of nitrogens with one attached hydrogen (secondary N) is 2. The van der Waals surface area contributed by atoms with Gasteiger partial charge in [-0.05, 0) is 30.0 Å². The Morgan fingerprint density at radius 1 is 1.39 bits per heavy atom. The minimum Gasteiger partial charge on any atom is -0.497 e. The van der Waals surface area contributed by atoms with Crippen molar-refractivity contribution in [3.05, 3.63) is 29.8 Å². The van der Waals surface area contributed by atoms with E-state index in [0.717, 1.165) is 24.2 Å². The lowest BCUT2D eigenvalue weighted by atomic mass is 10.2. The second-order valence-electron chi connectivity index (χ2n) is 4.74. The van der Waals surface area contributed by atoms with Gasteiger partial charge < -0.3 is 15.4 Å². The molecule has 2 unspecified atom stereocenters. The summed E-state index contributed by atoms with van der Waals surface area (Å²) in [5, 5.41) is 6.71. The molecule has 4 nitrogen and oxygen atoms in total. The monoisotopic (exact) mass is 247 g/mol. The van der Waals surface area contributed by atoms with E-state index in [2.05, 4.69) is 34.7 Å². The molecule has 1 saturated carbocycles. The van der Waals surface area contributed by atoms with Gasteiger partial charge in [0.2, 0.25) is 0 Å². The molecule has 2 rings (SSSR count). The molecule has 2 N–H and O–H groups in total. The van der Waals surface area contributed by atoms with Crippen LogP contribution in [0.4, 0.5) is 0 Å². The fraction of sp³-hybridized carbons (Fsp3) is 0.500. The van der Waals surface area contributed by atoms with Crippen molar-refractivity contribution in [3.63, 3.8) is 0 Å². The van der Waals surface area contributed by atoms with Crippen molar-refractivity contribution in [1.82, 2.24) is 10.6 Å². The molecule has 1 fully saturated rings. The predicted molar refractivity (Wildman–Crippen MR) is 73.9 cm³/mol. The van der Waals surface area contributed by atoms with Crippen LogP contribution in [0.5, 0.6) is 5.75 Å². The van der Waals surface area contributed by atoms with E-state index < -0.39 is 0 Å². The van der Waals surface area contributed by atoms with Gasteiger partial charge in [-0.25, -0.2) is 0 Å². The molecular formula is C14H21N3O. The van der Waals surface area contributed by atoms with Crippen LogP contribution in [0.1, 0.15) is 18.9 Å². The number of methoxy groups -OCH3 is 1. The summed E-state index contributed by atoms with van der Waals surface area (Å²) in [6.07, 6.45) is 1.24. The lowest BCUT2D eigenvalue weighted by Crippen LogP contribution is -2.38. The number of hydrogen-bond acceptors (Lipinski definition) is 2. The molecule has 0 aromatic heterocycles. The van der Waals surface area contributed by atoms with Crippen molar-refractivity contribution < 1.29 is 4.74 Å². The van der Waals surface area contributed by atoms with Crippen molar-refractivity contribution in [2.45, 2.75) is 25.9 Å². The van der Waals surface area contributed by atoms with E-state index in [9.17, 15) is 0 Å². The van der Waals surface area contributed by atoms with E-state index >= 15 is 0 Å². The third-order valence-corrected chi connectivity index (χ3v) is 3.27. The van der Waals surface area contributed by atoms with Gasteiger partial charge in [-0.15, -0.1) is 0 Å². The van der Waals surface area contributed by atoms with Crippen LogP contribution in [0.25, 0.3) is 0 Å².